The second-order valence-corrected chi connectivity index (χ2v) is 6.19. The molecular weight excluding hydrogens is 321 g/mol. The number of carbonyl (C=O) groups is 2. The van der Waals surface area contributed by atoms with Gasteiger partial charge in [0.1, 0.15) is 11.5 Å². The van der Waals surface area contributed by atoms with Crippen molar-refractivity contribution >= 4 is 22.6 Å². The Bertz CT molecular complexity index is 969. The normalized spacial score (nSPS) is 11.0. The van der Waals surface area contributed by atoms with Gasteiger partial charge in [-0.15, -0.1) is 0 Å². The van der Waals surface area contributed by atoms with E-state index < -0.39 is 0 Å². The lowest BCUT2D eigenvalue weighted by molar-refractivity contribution is 0.0949. The summed E-state index contributed by atoms with van der Waals surface area (Å²) in [4.78, 5) is 30.1. The number of nitrogens with one attached hydrogen (secondary N) is 3. The molecule has 0 unspecified atom stereocenters. The Morgan fingerprint density at radius 2 is 2.00 bits per heavy atom. The number of fused-ring (bicyclic) bond motifs is 1. The number of aromatic nitrogens is 2. The molecular formula is C19H20FN3O2. The molecule has 0 bridgehead atoms. The van der Waals surface area contributed by atoms with Gasteiger partial charge in [-0.3, -0.25) is 9.59 Å². The Morgan fingerprint density at radius 1 is 1.24 bits per heavy atom. The van der Waals surface area contributed by atoms with Crippen molar-refractivity contribution in [3.8, 4) is 0 Å². The molecule has 25 heavy (non-hydrogen) atoms. The molecule has 0 saturated heterocycles. The van der Waals surface area contributed by atoms with Crippen LogP contribution in [0.25, 0.3) is 10.9 Å². The van der Waals surface area contributed by atoms with Crippen molar-refractivity contribution in [2.45, 2.75) is 27.2 Å². The number of aromatic amines is 2. The molecule has 0 aliphatic heterocycles. The largest absolute Gasteiger partial charge is 0.361 e. The van der Waals surface area contributed by atoms with Crippen molar-refractivity contribution < 1.29 is 14.0 Å². The lowest BCUT2D eigenvalue weighted by Gasteiger charge is -2.05. The number of rotatable bonds is 5. The Balaban J connectivity index is 1.68. The second-order valence-electron chi connectivity index (χ2n) is 6.19. The summed E-state index contributed by atoms with van der Waals surface area (Å²) in [5.74, 6) is -0.580. The fraction of sp³-hybridized carbons (Fsp3) is 0.263. The standard InChI is InChI=1S/C19H20FN3O2/c1-10-17(12(3)24)11(2)23-18(10)19(25)21-7-6-13-9-22-16-8-14(20)4-5-15(13)16/h4-5,8-9,22-23H,6-7H2,1-3H3,(H,21,25). The van der Waals surface area contributed by atoms with Crippen LogP contribution in [0, 0.1) is 19.7 Å². The molecule has 0 atom stereocenters. The zero-order valence-corrected chi connectivity index (χ0v) is 14.4. The zero-order chi connectivity index (χ0) is 18.1. The molecule has 0 saturated carbocycles. The minimum absolute atomic E-state index is 0.0590. The van der Waals surface area contributed by atoms with E-state index in [0.717, 1.165) is 16.5 Å². The van der Waals surface area contributed by atoms with Crippen LogP contribution in [-0.2, 0) is 6.42 Å². The van der Waals surface area contributed by atoms with Crippen molar-refractivity contribution in [2.75, 3.05) is 6.54 Å². The summed E-state index contributed by atoms with van der Waals surface area (Å²) >= 11 is 0. The van der Waals surface area contributed by atoms with Gasteiger partial charge in [0.25, 0.3) is 5.91 Å². The van der Waals surface area contributed by atoms with Gasteiger partial charge in [0.15, 0.2) is 5.78 Å². The van der Waals surface area contributed by atoms with Crippen LogP contribution in [0.5, 0.6) is 0 Å². The lowest BCUT2D eigenvalue weighted by Crippen LogP contribution is -2.26. The topological polar surface area (TPSA) is 77.8 Å². The summed E-state index contributed by atoms with van der Waals surface area (Å²) in [6, 6.07) is 4.61. The number of H-pyrrole nitrogens is 2. The minimum atomic E-state index is -0.284. The van der Waals surface area contributed by atoms with Crippen molar-refractivity contribution in [1.82, 2.24) is 15.3 Å². The summed E-state index contributed by atoms with van der Waals surface area (Å²) in [6.07, 6.45) is 2.45. The smallest absolute Gasteiger partial charge is 0.268 e. The molecule has 5 nitrogen and oxygen atoms in total. The number of Topliss-reactive ketones (excluding diaryl/α,β-unsaturated/α-hetero) is 1. The predicted octanol–water partition coefficient (Wildman–Crippen LogP) is 3.43. The molecule has 3 rings (SSSR count). The SMILES string of the molecule is CC(=O)c1c(C)[nH]c(C(=O)NCCc2c[nH]c3cc(F)ccc23)c1C. The number of aryl methyl sites for hydroxylation is 1. The van der Waals surface area contributed by atoms with Gasteiger partial charge in [-0.1, -0.05) is 0 Å². The fourth-order valence-corrected chi connectivity index (χ4v) is 3.27. The van der Waals surface area contributed by atoms with Crippen molar-refractivity contribution in [3.63, 3.8) is 0 Å². The van der Waals surface area contributed by atoms with Crippen LogP contribution in [0.4, 0.5) is 4.39 Å². The summed E-state index contributed by atoms with van der Waals surface area (Å²) in [5.41, 5.74) is 4.12. The molecule has 0 fully saturated rings. The molecule has 0 aliphatic rings. The Hall–Kier alpha value is -2.89. The molecule has 2 aromatic heterocycles. The molecule has 3 aromatic rings. The maximum Gasteiger partial charge on any atom is 0.268 e. The van der Waals surface area contributed by atoms with Crippen LogP contribution in [0.2, 0.25) is 0 Å². The van der Waals surface area contributed by atoms with E-state index >= 15 is 0 Å². The quantitative estimate of drug-likeness (QED) is 0.622. The van der Waals surface area contributed by atoms with Crippen LogP contribution < -0.4 is 5.32 Å². The van der Waals surface area contributed by atoms with Gasteiger partial charge in [-0.2, -0.15) is 0 Å². The molecule has 0 spiro atoms. The first kappa shape index (κ1) is 17.0. The monoisotopic (exact) mass is 341 g/mol. The maximum atomic E-state index is 13.2. The third kappa shape index (κ3) is 3.20. The Labute approximate surface area is 144 Å². The maximum absolute atomic E-state index is 13.2. The number of halogens is 1. The number of carbonyl (C=O) groups excluding carboxylic acids is 2. The van der Waals surface area contributed by atoms with Gasteiger partial charge in [0.05, 0.1) is 0 Å². The highest BCUT2D eigenvalue weighted by Gasteiger charge is 2.19. The number of ketones is 1. The second kappa shape index (κ2) is 6.55. The number of amides is 1. The average Bonchev–Trinajstić information content (AvgIpc) is 3.07. The van der Waals surface area contributed by atoms with Gasteiger partial charge in [0.2, 0.25) is 0 Å². The fourth-order valence-electron chi connectivity index (χ4n) is 3.27. The molecule has 1 aromatic carbocycles. The highest BCUT2D eigenvalue weighted by Crippen LogP contribution is 2.20. The molecule has 130 valence electrons. The van der Waals surface area contributed by atoms with E-state index in [1.165, 1.54) is 19.1 Å². The first-order valence-corrected chi connectivity index (χ1v) is 8.12. The third-order valence-electron chi connectivity index (χ3n) is 4.43. The molecule has 0 radical (unpaired) electrons. The molecule has 3 N–H and O–H groups in total. The zero-order valence-electron chi connectivity index (χ0n) is 14.4. The van der Waals surface area contributed by atoms with E-state index in [1.54, 1.807) is 19.9 Å². The van der Waals surface area contributed by atoms with Gasteiger partial charge in [-0.05, 0) is 56.5 Å². The Morgan fingerprint density at radius 3 is 2.68 bits per heavy atom. The minimum Gasteiger partial charge on any atom is -0.361 e. The third-order valence-corrected chi connectivity index (χ3v) is 4.43. The van der Waals surface area contributed by atoms with Crippen molar-refractivity contribution in [1.29, 1.82) is 0 Å². The van der Waals surface area contributed by atoms with Crippen LogP contribution in [0.3, 0.4) is 0 Å². The van der Waals surface area contributed by atoms with Crippen LogP contribution in [-0.4, -0.2) is 28.2 Å². The lowest BCUT2D eigenvalue weighted by atomic mass is 10.1. The number of hydrogen-bond donors (Lipinski definition) is 3. The van der Waals surface area contributed by atoms with E-state index in [1.807, 2.05) is 6.20 Å². The van der Waals surface area contributed by atoms with Crippen molar-refractivity contribution in [3.05, 3.63) is 58.3 Å². The van der Waals surface area contributed by atoms with Crippen LogP contribution in [0.1, 0.15) is 44.6 Å². The van der Waals surface area contributed by atoms with Crippen LogP contribution in [0.15, 0.2) is 24.4 Å². The van der Waals surface area contributed by atoms with Gasteiger partial charge < -0.3 is 15.3 Å². The van der Waals surface area contributed by atoms with E-state index in [4.69, 9.17) is 0 Å². The molecule has 0 aliphatic carbocycles. The molecule has 2 heterocycles. The van der Waals surface area contributed by atoms with Crippen molar-refractivity contribution in [2.24, 2.45) is 0 Å². The molecule has 6 heteroatoms. The summed E-state index contributed by atoms with van der Waals surface area (Å²) in [7, 11) is 0. The van der Waals surface area contributed by atoms with Gasteiger partial charge in [0, 0.05) is 34.9 Å². The number of benzene rings is 1. The van der Waals surface area contributed by atoms with Crippen LogP contribution >= 0.6 is 0 Å². The van der Waals surface area contributed by atoms with E-state index in [9.17, 15) is 14.0 Å². The predicted molar refractivity (Wildman–Crippen MR) is 94.6 cm³/mol. The summed E-state index contributed by atoms with van der Waals surface area (Å²) in [5, 5.41) is 3.81. The highest BCUT2D eigenvalue weighted by atomic mass is 19.1. The Kier molecular flexibility index (Phi) is 4.44. The first-order chi connectivity index (χ1) is 11.9. The first-order valence-electron chi connectivity index (χ1n) is 8.12. The summed E-state index contributed by atoms with van der Waals surface area (Å²) in [6.45, 7) is 5.48. The van der Waals surface area contributed by atoms with E-state index in [2.05, 4.69) is 15.3 Å². The van der Waals surface area contributed by atoms with Gasteiger partial charge >= 0.3 is 0 Å². The number of hydrogen-bond acceptors (Lipinski definition) is 2. The van der Waals surface area contributed by atoms with E-state index in [0.29, 0.717) is 35.5 Å². The van der Waals surface area contributed by atoms with E-state index in [-0.39, 0.29) is 17.5 Å². The summed E-state index contributed by atoms with van der Waals surface area (Å²) < 4.78 is 13.2. The molecule has 1 amide bonds. The average molecular weight is 341 g/mol. The van der Waals surface area contributed by atoms with Gasteiger partial charge in [-0.25, -0.2) is 4.39 Å². The highest BCUT2D eigenvalue weighted by molar-refractivity contribution is 6.02.